The van der Waals surface area contributed by atoms with Crippen LogP contribution in [0.3, 0.4) is 0 Å². The van der Waals surface area contributed by atoms with Gasteiger partial charge in [0, 0.05) is 51.4 Å². The molecule has 23 nitrogen and oxygen atoms in total. The number of thiophene rings is 2. The number of aldehydes is 2. The molecule has 2 aromatic carbocycles. The van der Waals surface area contributed by atoms with Crippen molar-refractivity contribution in [2.24, 2.45) is 20.5 Å². The van der Waals surface area contributed by atoms with Crippen LogP contribution in [0.5, 0.6) is 11.5 Å². The number of aromatic nitrogens is 3. The molecule has 0 amide bonds. The number of hydrogen-bond donors (Lipinski definition) is 5. The maximum absolute atomic E-state index is 12.2. The van der Waals surface area contributed by atoms with E-state index in [9.17, 15) is 38.0 Å². The lowest BCUT2D eigenvalue weighted by molar-refractivity contribution is 0.111. The van der Waals surface area contributed by atoms with Crippen LogP contribution in [0.15, 0.2) is 55.7 Å². The van der Waals surface area contributed by atoms with E-state index in [2.05, 4.69) is 45.9 Å². The average molecular weight is 975 g/mol. The summed E-state index contributed by atoms with van der Waals surface area (Å²) < 4.78 is 45.7. The number of ether oxygens (including phenoxy) is 2. The van der Waals surface area contributed by atoms with E-state index < -0.39 is 25.5 Å². The van der Waals surface area contributed by atoms with Gasteiger partial charge in [0.05, 0.1) is 66.5 Å². The fourth-order valence-corrected chi connectivity index (χ4v) is 9.29. The standard InChI is InChI=1S/C41H46N14O9S3/c1-8-53(9-2)31-17-26(28(19-33(31)63-6)49-51-37-25(21-42)36(67(60,61)62)35(23-59)66-37)44-39-46-40(48-41(47-39)55(12-14-56)13-15-57)45-27-18-32(54(10-3)11-4)34(64-7)20-29(27)50-52-38-30(43-5)16-24(22-58)65-38/h16-20,22-23,56-57H,8-15H2,1-4,6-7H3,(H,60,61,62)(H2,44,45,46,47,48). The van der Waals surface area contributed by atoms with Gasteiger partial charge in [0.15, 0.2) is 17.6 Å². The number of carbonyl (C=O) groups excluding carboxylic acids is 2. The summed E-state index contributed by atoms with van der Waals surface area (Å²) in [5, 5.41) is 53.5. The minimum absolute atomic E-state index is 0.00894. The van der Waals surface area contributed by atoms with Crippen molar-refractivity contribution in [1.29, 1.82) is 5.26 Å². The fourth-order valence-electron chi connectivity index (χ4n) is 6.57. The van der Waals surface area contributed by atoms with E-state index >= 15 is 0 Å². The molecule has 3 aromatic heterocycles. The zero-order valence-corrected chi connectivity index (χ0v) is 39.5. The molecule has 0 spiro atoms. The molecule has 26 heteroatoms. The molecule has 0 aliphatic rings. The van der Waals surface area contributed by atoms with Crippen molar-refractivity contribution < 1.29 is 42.2 Å². The number of nitriles is 1. The van der Waals surface area contributed by atoms with Crippen molar-refractivity contribution in [2.45, 2.75) is 32.6 Å². The van der Waals surface area contributed by atoms with Crippen LogP contribution in [0.4, 0.5) is 67.7 Å². The summed E-state index contributed by atoms with van der Waals surface area (Å²) in [5.41, 5.74) is 1.68. The molecule has 0 aliphatic heterocycles. The number of aliphatic hydroxyl groups is 2. The van der Waals surface area contributed by atoms with Crippen molar-refractivity contribution in [3.8, 4) is 17.6 Å². The van der Waals surface area contributed by atoms with E-state index in [4.69, 9.17) is 21.0 Å². The molecule has 352 valence electrons. The molecule has 0 atom stereocenters. The van der Waals surface area contributed by atoms with Crippen LogP contribution in [0.2, 0.25) is 0 Å². The number of aliphatic hydroxyl groups excluding tert-OH is 2. The Balaban J connectivity index is 1.74. The number of carbonyl (C=O) groups is 2. The Kier molecular flexibility index (Phi) is 17.7. The molecule has 0 aliphatic carbocycles. The van der Waals surface area contributed by atoms with Gasteiger partial charge in [0.25, 0.3) is 10.1 Å². The van der Waals surface area contributed by atoms with Gasteiger partial charge in [-0.2, -0.15) is 33.7 Å². The van der Waals surface area contributed by atoms with Gasteiger partial charge in [0.1, 0.15) is 44.4 Å². The SMILES string of the molecule is [C-]#[N+]c1cc(C=O)sc1N=Nc1cc(OC)c(N(CC)CC)cc1Nc1nc(Nc2cc(N(CC)CC)c(OC)cc2N=Nc2sc(C=O)c(S(=O)(=O)O)c2C#N)nc(N(CCO)CCO)n1. The third-order valence-corrected chi connectivity index (χ3v) is 12.7. The third kappa shape index (κ3) is 11.8. The van der Waals surface area contributed by atoms with E-state index in [1.165, 1.54) is 31.3 Å². The van der Waals surface area contributed by atoms with Crippen molar-refractivity contribution in [3.63, 3.8) is 0 Å². The zero-order chi connectivity index (χ0) is 48.8. The molecule has 5 N–H and O–H groups in total. The van der Waals surface area contributed by atoms with Crippen molar-refractivity contribution >= 4 is 113 Å². The molecule has 67 heavy (non-hydrogen) atoms. The monoisotopic (exact) mass is 974 g/mol. The number of hydrogen-bond acceptors (Lipinski definition) is 23. The summed E-state index contributed by atoms with van der Waals surface area (Å²) in [5.74, 6) is 0.682. The van der Waals surface area contributed by atoms with E-state index in [1.807, 2.05) is 37.5 Å². The second-order valence-electron chi connectivity index (χ2n) is 13.5. The molecule has 0 saturated carbocycles. The Hall–Kier alpha value is -7.20. The molecule has 0 radical (unpaired) electrons. The highest BCUT2D eigenvalue weighted by Crippen LogP contribution is 2.45. The van der Waals surface area contributed by atoms with Gasteiger partial charge in [-0.3, -0.25) is 14.1 Å². The summed E-state index contributed by atoms with van der Waals surface area (Å²) >= 11 is 1.53. The van der Waals surface area contributed by atoms with Gasteiger partial charge < -0.3 is 45.0 Å². The van der Waals surface area contributed by atoms with E-state index in [0.717, 1.165) is 11.3 Å². The number of anilines is 7. The van der Waals surface area contributed by atoms with Crippen LogP contribution in [-0.2, 0) is 10.1 Å². The third-order valence-electron chi connectivity index (χ3n) is 9.74. The van der Waals surface area contributed by atoms with Gasteiger partial charge in [-0.05, 0) is 45.9 Å². The highest BCUT2D eigenvalue weighted by atomic mass is 32.2. The minimum Gasteiger partial charge on any atom is -0.494 e. The van der Waals surface area contributed by atoms with E-state index in [-0.39, 0.29) is 83.2 Å². The number of benzene rings is 2. The summed E-state index contributed by atoms with van der Waals surface area (Å²) in [4.78, 5) is 45.3. The lowest BCUT2D eigenvalue weighted by atomic mass is 10.2. The van der Waals surface area contributed by atoms with Crippen LogP contribution in [-0.4, -0.2) is 117 Å². The van der Waals surface area contributed by atoms with Gasteiger partial charge in [-0.15, -0.1) is 38.0 Å². The lowest BCUT2D eigenvalue weighted by Gasteiger charge is -2.25. The molecule has 0 bridgehead atoms. The van der Waals surface area contributed by atoms with Gasteiger partial charge in [-0.25, -0.2) is 4.85 Å². The Labute approximate surface area is 393 Å². The predicted octanol–water partition coefficient (Wildman–Crippen LogP) is 8.11. The topological polar surface area (TPSA) is 297 Å². The normalized spacial score (nSPS) is 11.3. The molecule has 0 saturated heterocycles. The highest BCUT2D eigenvalue weighted by Gasteiger charge is 2.28. The molecule has 0 fully saturated rings. The molecular weight excluding hydrogens is 929 g/mol. The van der Waals surface area contributed by atoms with Crippen LogP contribution >= 0.6 is 22.7 Å². The molecule has 0 unspecified atom stereocenters. The first kappa shape index (κ1) is 50.8. The average Bonchev–Trinajstić information content (AvgIpc) is 3.92. The maximum atomic E-state index is 12.2. The van der Waals surface area contributed by atoms with Crippen LogP contribution in [0.25, 0.3) is 4.85 Å². The molecule has 5 aromatic rings. The Morgan fingerprint density at radius 2 is 1.28 bits per heavy atom. The minimum atomic E-state index is -5.00. The van der Waals surface area contributed by atoms with Crippen LogP contribution in [0.1, 0.15) is 52.6 Å². The first-order valence-corrected chi connectivity index (χ1v) is 23.4. The first-order valence-electron chi connectivity index (χ1n) is 20.3. The number of rotatable bonds is 24. The van der Waals surface area contributed by atoms with E-state index in [0.29, 0.717) is 77.2 Å². The smallest absolute Gasteiger partial charge is 0.297 e. The second-order valence-corrected chi connectivity index (χ2v) is 17.0. The zero-order valence-electron chi connectivity index (χ0n) is 37.1. The lowest BCUT2D eigenvalue weighted by Crippen LogP contribution is -2.31. The van der Waals surface area contributed by atoms with Gasteiger partial charge in [-0.1, -0.05) is 0 Å². The summed E-state index contributed by atoms with van der Waals surface area (Å²) in [7, 11) is -2.04. The quantitative estimate of drug-likeness (QED) is 0.0169. The number of nitrogens with one attached hydrogen (secondary N) is 2. The van der Waals surface area contributed by atoms with Crippen molar-refractivity contribution in [3.05, 3.63) is 57.1 Å². The number of nitrogens with zero attached hydrogens (tertiary/aromatic N) is 12. The second kappa shape index (κ2) is 23.3. The Morgan fingerprint density at radius 1 is 0.776 bits per heavy atom. The Bertz CT molecular complexity index is 2840. The number of azo groups is 2. The number of methoxy groups -OCH3 is 2. The largest absolute Gasteiger partial charge is 0.494 e. The predicted molar refractivity (Wildman–Crippen MR) is 254 cm³/mol. The molecule has 5 rings (SSSR count). The summed E-state index contributed by atoms with van der Waals surface area (Å²) in [6.07, 6.45) is 0.808. The fraction of sp³-hybridized carbons (Fsp3) is 0.341. The van der Waals surface area contributed by atoms with Crippen LogP contribution in [0, 0.1) is 17.9 Å². The highest BCUT2D eigenvalue weighted by molar-refractivity contribution is 7.86. The first-order chi connectivity index (χ1) is 32.3. The van der Waals surface area contributed by atoms with Crippen molar-refractivity contribution in [2.75, 3.05) is 92.0 Å². The van der Waals surface area contributed by atoms with Gasteiger partial charge in [0.2, 0.25) is 23.5 Å². The Morgan fingerprint density at radius 3 is 1.69 bits per heavy atom. The van der Waals surface area contributed by atoms with Crippen molar-refractivity contribution in [1.82, 2.24) is 15.0 Å². The molecular formula is C41H46N14O9S3. The summed E-state index contributed by atoms with van der Waals surface area (Å²) in [6, 6.07) is 9.73. The van der Waals surface area contributed by atoms with Gasteiger partial charge >= 0.3 is 0 Å². The maximum Gasteiger partial charge on any atom is 0.297 e. The summed E-state index contributed by atoms with van der Waals surface area (Å²) in [6.45, 7) is 17.1. The van der Waals surface area contributed by atoms with E-state index in [1.54, 1.807) is 24.3 Å². The van der Waals surface area contributed by atoms with Crippen LogP contribution < -0.4 is 34.8 Å². The molecule has 3 heterocycles.